The van der Waals surface area contributed by atoms with Gasteiger partial charge in [-0.3, -0.25) is 0 Å². The molecular formula is C18H26O2. The summed E-state index contributed by atoms with van der Waals surface area (Å²) < 4.78 is 11.1. The molecule has 0 saturated heterocycles. The lowest BCUT2D eigenvalue weighted by atomic mass is 10.1. The first-order valence-corrected chi connectivity index (χ1v) is 7.09. The molecule has 20 heavy (non-hydrogen) atoms. The highest BCUT2D eigenvalue weighted by Gasteiger charge is 2.03. The molecule has 1 rings (SSSR count). The SMILES string of the molecule is COc1cc(C)ccc1OC/C=C(\C)CCC=C(C)C. The van der Waals surface area contributed by atoms with Gasteiger partial charge in [0.1, 0.15) is 6.61 Å². The van der Waals surface area contributed by atoms with Crippen LogP contribution in [0.25, 0.3) is 0 Å². The summed E-state index contributed by atoms with van der Waals surface area (Å²) in [7, 11) is 1.67. The predicted molar refractivity (Wildman–Crippen MR) is 85.6 cm³/mol. The van der Waals surface area contributed by atoms with Crippen molar-refractivity contribution in [3.05, 3.63) is 47.1 Å². The molecule has 0 atom stereocenters. The van der Waals surface area contributed by atoms with Crippen molar-refractivity contribution in [1.29, 1.82) is 0 Å². The van der Waals surface area contributed by atoms with E-state index in [9.17, 15) is 0 Å². The first-order valence-electron chi connectivity index (χ1n) is 7.09. The van der Waals surface area contributed by atoms with Gasteiger partial charge in [-0.15, -0.1) is 0 Å². The Hall–Kier alpha value is -1.70. The van der Waals surface area contributed by atoms with E-state index in [-0.39, 0.29) is 0 Å². The molecule has 0 aromatic heterocycles. The Bertz CT molecular complexity index is 480. The van der Waals surface area contributed by atoms with Gasteiger partial charge in [0.15, 0.2) is 11.5 Å². The van der Waals surface area contributed by atoms with Crippen LogP contribution in [-0.2, 0) is 0 Å². The maximum absolute atomic E-state index is 5.76. The highest BCUT2D eigenvalue weighted by atomic mass is 16.5. The van der Waals surface area contributed by atoms with Crippen molar-refractivity contribution in [1.82, 2.24) is 0 Å². The van der Waals surface area contributed by atoms with Crippen LogP contribution in [0.1, 0.15) is 39.2 Å². The maximum atomic E-state index is 5.76. The Labute approximate surface area is 123 Å². The van der Waals surface area contributed by atoms with Crippen molar-refractivity contribution >= 4 is 0 Å². The zero-order valence-electron chi connectivity index (χ0n) is 13.3. The largest absolute Gasteiger partial charge is 0.493 e. The molecule has 0 radical (unpaired) electrons. The molecule has 0 N–H and O–H groups in total. The number of aryl methyl sites for hydroxylation is 1. The molecule has 0 aliphatic heterocycles. The van der Waals surface area contributed by atoms with Crippen LogP contribution in [0.5, 0.6) is 11.5 Å². The lowest BCUT2D eigenvalue weighted by molar-refractivity contribution is 0.325. The smallest absolute Gasteiger partial charge is 0.161 e. The minimum absolute atomic E-state index is 0.583. The number of allylic oxidation sites excluding steroid dienone is 3. The number of hydrogen-bond acceptors (Lipinski definition) is 2. The van der Waals surface area contributed by atoms with E-state index in [1.807, 2.05) is 25.1 Å². The van der Waals surface area contributed by atoms with Crippen LogP contribution in [-0.4, -0.2) is 13.7 Å². The van der Waals surface area contributed by atoms with Crippen molar-refractivity contribution in [3.63, 3.8) is 0 Å². The summed E-state index contributed by atoms with van der Waals surface area (Å²) in [5.41, 5.74) is 3.90. The van der Waals surface area contributed by atoms with E-state index in [2.05, 4.69) is 32.9 Å². The van der Waals surface area contributed by atoms with Crippen LogP contribution in [0.2, 0.25) is 0 Å². The summed E-state index contributed by atoms with van der Waals surface area (Å²) in [6, 6.07) is 5.98. The van der Waals surface area contributed by atoms with Crippen molar-refractivity contribution in [3.8, 4) is 11.5 Å². The van der Waals surface area contributed by atoms with E-state index in [1.54, 1.807) is 7.11 Å². The Morgan fingerprint density at radius 2 is 1.85 bits per heavy atom. The molecule has 0 spiro atoms. The van der Waals surface area contributed by atoms with Crippen LogP contribution in [0, 0.1) is 6.92 Å². The fraction of sp³-hybridized carbons (Fsp3) is 0.444. The third-order valence-corrected chi connectivity index (χ3v) is 3.08. The normalized spacial score (nSPS) is 11.2. The summed E-state index contributed by atoms with van der Waals surface area (Å²) in [6.07, 6.45) is 6.58. The first-order chi connectivity index (χ1) is 9.52. The van der Waals surface area contributed by atoms with Crippen LogP contribution in [0.4, 0.5) is 0 Å². The Balaban J connectivity index is 2.49. The zero-order chi connectivity index (χ0) is 15.0. The van der Waals surface area contributed by atoms with E-state index in [4.69, 9.17) is 9.47 Å². The molecule has 1 aromatic carbocycles. The molecule has 0 heterocycles. The highest BCUT2D eigenvalue weighted by Crippen LogP contribution is 2.27. The highest BCUT2D eigenvalue weighted by molar-refractivity contribution is 5.42. The lowest BCUT2D eigenvalue weighted by Gasteiger charge is -2.10. The molecule has 0 unspecified atom stereocenters. The van der Waals surface area contributed by atoms with Gasteiger partial charge in [0, 0.05) is 0 Å². The summed E-state index contributed by atoms with van der Waals surface area (Å²) in [4.78, 5) is 0. The third kappa shape index (κ3) is 5.96. The summed E-state index contributed by atoms with van der Waals surface area (Å²) in [5, 5.41) is 0. The average Bonchev–Trinajstić information content (AvgIpc) is 2.39. The van der Waals surface area contributed by atoms with E-state index >= 15 is 0 Å². The van der Waals surface area contributed by atoms with E-state index in [0.29, 0.717) is 6.61 Å². The second kappa shape index (κ2) is 8.47. The number of hydrogen-bond donors (Lipinski definition) is 0. The second-order valence-electron chi connectivity index (χ2n) is 5.34. The van der Waals surface area contributed by atoms with E-state index < -0.39 is 0 Å². The van der Waals surface area contributed by atoms with Crippen LogP contribution in [0.3, 0.4) is 0 Å². The molecule has 2 heteroatoms. The minimum Gasteiger partial charge on any atom is -0.493 e. The van der Waals surface area contributed by atoms with Gasteiger partial charge in [-0.25, -0.2) is 0 Å². The Morgan fingerprint density at radius 3 is 2.50 bits per heavy atom. The average molecular weight is 274 g/mol. The molecule has 1 aromatic rings. The third-order valence-electron chi connectivity index (χ3n) is 3.08. The number of methoxy groups -OCH3 is 1. The standard InChI is InChI=1S/C18H26O2/c1-14(2)7-6-8-15(3)11-12-20-17-10-9-16(4)13-18(17)19-5/h7,9-11,13H,6,8,12H2,1-5H3/b15-11+. The first kappa shape index (κ1) is 16.4. The van der Waals surface area contributed by atoms with Crippen molar-refractivity contribution < 1.29 is 9.47 Å². The van der Waals surface area contributed by atoms with Crippen LogP contribution < -0.4 is 9.47 Å². The van der Waals surface area contributed by atoms with Gasteiger partial charge in [-0.2, -0.15) is 0 Å². The molecule has 0 bridgehead atoms. The molecular weight excluding hydrogens is 248 g/mol. The summed E-state index contributed by atoms with van der Waals surface area (Å²) in [6.45, 7) is 9.03. The van der Waals surface area contributed by atoms with Crippen LogP contribution in [0.15, 0.2) is 41.5 Å². The topological polar surface area (TPSA) is 18.5 Å². The monoisotopic (exact) mass is 274 g/mol. The number of benzene rings is 1. The molecule has 0 saturated carbocycles. The second-order valence-corrected chi connectivity index (χ2v) is 5.34. The fourth-order valence-electron chi connectivity index (χ4n) is 1.86. The van der Waals surface area contributed by atoms with Gasteiger partial charge in [-0.1, -0.05) is 23.3 Å². The summed E-state index contributed by atoms with van der Waals surface area (Å²) in [5.74, 6) is 1.59. The van der Waals surface area contributed by atoms with Gasteiger partial charge in [0.25, 0.3) is 0 Å². The van der Waals surface area contributed by atoms with E-state index in [0.717, 1.165) is 24.3 Å². The maximum Gasteiger partial charge on any atom is 0.161 e. The Kier molecular flexibility index (Phi) is 6.92. The number of ether oxygens (including phenoxy) is 2. The molecule has 0 aliphatic rings. The van der Waals surface area contributed by atoms with Crippen LogP contribution >= 0.6 is 0 Å². The van der Waals surface area contributed by atoms with Crippen molar-refractivity contribution in [2.24, 2.45) is 0 Å². The summed E-state index contributed by atoms with van der Waals surface area (Å²) >= 11 is 0. The van der Waals surface area contributed by atoms with Gasteiger partial charge < -0.3 is 9.47 Å². The fourth-order valence-corrected chi connectivity index (χ4v) is 1.86. The predicted octanol–water partition coefficient (Wildman–Crippen LogP) is 5.08. The quantitative estimate of drug-likeness (QED) is 0.646. The van der Waals surface area contributed by atoms with Gasteiger partial charge in [-0.05, 0) is 64.3 Å². The number of rotatable bonds is 7. The van der Waals surface area contributed by atoms with Crippen molar-refractivity contribution in [2.75, 3.05) is 13.7 Å². The zero-order valence-corrected chi connectivity index (χ0v) is 13.3. The Morgan fingerprint density at radius 1 is 1.10 bits per heavy atom. The lowest BCUT2D eigenvalue weighted by Crippen LogP contribution is -1.97. The van der Waals surface area contributed by atoms with Crippen molar-refractivity contribution in [2.45, 2.75) is 40.5 Å². The molecule has 2 nitrogen and oxygen atoms in total. The van der Waals surface area contributed by atoms with E-state index in [1.165, 1.54) is 16.7 Å². The van der Waals surface area contributed by atoms with Gasteiger partial charge in [0.2, 0.25) is 0 Å². The molecule has 0 aliphatic carbocycles. The van der Waals surface area contributed by atoms with Gasteiger partial charge >= 0.3 is 0 Å². The molecule has 0 fully saturated rings. The molecule has 0 amide bonds. The minimum atomic E-state index is 0.583. The van der Waals surface area contributed by atoms with Gasteiger partial charge in [0.05, 0.1) is 7.11 Å². The molecule has 110 valence electrons.